The van der Waals surface area contributed by atoms with Crippen LogP contribution in [-0.2, 0) is 4.79 Å². The monoisotopic (exact) mass is 324 g/mol. The lowest BCUT2D eigenvalue weighted by atomic mass is 9.93. The van der Waals surface area contributed by atoms with Crippen molar-refractivity contribution < 1.29 is 19.0 Å². The van der Waals surface area contributed by atoms with Gasteiger partial charge in [-0.25, -0.2) is 4.58 Å². The van der Waals surface area contributed by atoms with Crippen molar-refractivity contribution in [1.82, 2.24) is 4.90 Å². The van der Waals surface area contributed by atoms with E-state index in [1.54, 1.807) is 41.1 Å². The van der Waals surface area contributed by atoms with E-state index >= 15 is 0 Å². The molecule has 2 aromatic rings. The maximum Gasteiger partial charge on any atom is 0.261 e. The van der Waals surface area contributed by atoms with E-state index < -0.39 is 0 Å². The largest absolute Gasteiger partial charge is 0.326 e. The number of imide groups is 1. The van der Waals surface area contributed by atoms with E-state index in [0.29, 0.717) is 27.6 Å². The average Bonchev–Trinajstić information content (AvgIpc) is 2.52. The molecule has 0 aromatic heterocycles. The molecule has 24 heavy (non-hydrogen) atoms. The van der Waals surface area contributed by atoms with Crippen LogP contribution in [0.15, 0.2) is 30.3 Å². The van der Waals surface area contributed by atoms with Gasteiger partial charge in [0.2, 0.25) is 5.91 Å². The molecule has 0 radical (unpaired) electrons. The van der Waals surface area contributed by atoms with Gasteiger partial charge in [0.15, 0.2) is 6.21 Å². The molecule has 1 aliphatic heterocycles. The minimum absolute atomic E-state index is 0.202. The van der Waals surface area contributed by atoms with E-state index in [1.165, 1.54) is 11.8 Å². The highest BCUT2D eigenvalue weighted by Gasteiger charge is 2.33. The van der Waals surface area contributed by atoms with E-state index in [0.717, 1.165) is 0 Å². The van der Waals surface area contributed by atoms with Crippen LogP contribution in [0.3, 0.4) is 0 Å². The van der Waals surface area contributed by atoms with E-state index in [-0.39, 0.29) is 24.3 Å². The lowest BCUT2D eigenvalue weighted by Crippen LogP contribution is -2.42. The summed E-state index contributed by atoms with van der Waals surface area (Å²) < 4.78 is 1.80. The molecule has 1 aliphatic rings. The minimum atomic E-state index is -0.323. The fourth-order valence-corrected chi connectivity index (χ4v) is 2.86. The van der Waals surface area contributed by atoms with Crippen molar-refractivity contribution in [2.45, 2.75) is 6.92 Å². The molecule has 3 rings (SSSR count). The van der Waals surface area contributed by atoms with E-state index in [1.807, 2.05) is 14.1 Å². The molecule has 0 saturated heterocycles. The Labute approximate surface area is 139 Å². The third-order valence-corrected chi connectivity index (χ3v) is 3.93. The lowest BCUT2D eigenvalue weighted by Gasteiger charge is -2.26. The normalized spacial score (nSPS) is 13.2. The van der Waals surface area contributed by atoms with Crippen LogP contribution in [-0.4, -0.2) is 54.1 Å². The summed E-state index contributed by atoms with van der Waals surface area (Å²) in [6, 6.07) is 8.63. The zero-order chi connectivity index (χ0) is 17.4. The topological polar surface area (TPSA) is 69.5 Å². The number of amides is 3. The fraction of sp³-hybridized carbons (Fsp3) is 0.222. The standard InChI is InChI=1S/C18H17N3O3/c1-11(22)19-15-8-7-14-16-12(15)5-4-6-13(16)17(23)21(18(14)24)10-9-20(2)3/h4-9H,10H2,1-3H3/p+1. The van der Waals surface area contributed by atoms with Crippen molar-refractivity contribution in [3.8, 4) is 0 Å². The van der Waals surface area contributed by atoms with Crippen LogP contribution in [0, 0.1) is 0 Å². The van der Waals surface area contributed by atoms with E-state index in [9.17, 15) is 14.4 Å². The maximum absolute atomic E-state index is 12.7. The van der Waals surface area contributed by atoms with Gasteiger partial charge in [-0.15, -0.1) is 0 Å². The zero-order valence-corrected chi connectivity index (χ0v) is 13.8. The number of benzene rings is 2. The molecule has 122 valence electrons. The van der Waals surface area contributed by atoms with Crippen LogP contribution in [0.1, 0.15) is 27.6 Å². The quantitative estimate of drug-likeness (QED) is 0.531. The molecule has 0 saturated carbocycles. The Morgan fingerprint density at radius 3 is 2.42 bits per heavy atom. The number of carbonyl (C=O) groups is 3. The molecular formula is C18H18N3O3+. The molecule has 0 atom stereocenters. The van der Waals surface area contributed by atoms with Crippen LogP contribution >= 0.6 is 0 Å². The Hall–Kier alpha value is -3.02. The van der Waals surface area contributed by atoms with Gasteiger partial charge >= 0.3 is 0 Å². The average molecular weight is 324 g/mol. The Bertz CT molecular complexity index is 889. The maximum atomic E-state index is 12.7. The first-order chi connectivity index (χ1) is 11.4. The molecule has 1 N–H and O–H groups in total. The highest BCUT2D eigenvalue weighted by Crippen LogP contribution is 2.34. The predicted octanol–water partition coefficient (Wildman–Crippen LogP) is 1.74. The summed E-state index contributed by atoms with van der Waals surface area (Å²) in [5.74, 6) is -0.848. The molecule has 0 bridgehead atoms. The van der Waals surface area contributed by atoms with Crippen LogP contribution < -0.4 is 5.32 Å². The number of hydrogen-bond donors (Lipinski definition) is 1. The highest BCUT2D eigenvalue weighted by molar-refractivity contribution is 6.27. The first-order valence-electron chi connectivity index (χ1n) is 7.59. The Kier molecular flexibility index (Phi) is 3.89. The minimum Gasteiger partial charge on any atom is -0.326 e. The second kappa shape index (κ2) is 5.88. The van der Waals surface area contributed by atoms with Crippen LogP contribution in [0.4, 0.5) is 5.69 Å². The third-order valence-electron chi connectivity index (χ3n) is 3.93. The van der Waals surface area contributed by atoms with Crippen LogP contribution in [0.25, 0.3) is 10.8 Å². The van der Waals surface area contributed by atoms with E-state index in [4.69, 9.17) is 0 Å². The summed E-state index contributed by atoms with van der Waals surface area (Å²) in [6.07, 6.45) is 1.77. The highest BCUT2D eigenvalue weighted by atomic mass is 16.2. The van der Waals surface area contributed by atoms with Gasteiger partial charge < -0.3 is 5.32 Å². The molecule has 2 aromatic carbocycles. The first kappa shape index (κ1) is 15.9. The Balaban J connectivity index is 2.19. The molecule has 0 unspecified atom stereocenters. The number of nitrogens with zero attached hydrogens (tertiary/aromatic N) is 2. The van der Waals surface area contributed by atoms with Gasteiger partial charge in [0.25, 0.3) is 11.8 Å². The van der Waals surface area contributed by atoms with Crippen LogP contribution in [0.5, 0.6) is 0 Å². The number of rotatable bonds is 3. The van der Waals surface area contributed by atoms with Gasteiger partial charge in [0.05, 0.1) is 0 Å². The molecule has 0 fully saturated rings. The summed E-state index contributed by atoms with van der Waals surface area (Å²) >= 11 is 0. The Morgan fingerprint density at radius 2 is 1.79 bits per heavy atom. The van der Waals surface area contributed by atoms with E-state index in [2.05, 4.69) is 5.32 Å². The number of nitrogens with one attached hydrogen (secondary N) is 1. The molecule has 6 nitrogen and oxygen atoms in total. The van der Waals surface area contributed by atoms with Crippen molar-refractivity contribution in [3.63, 3.8) is 0 Å². The van der Waals surface area contributed by atoms with Crippen molar-refractivity contribution >= 4 is 40.4 Å². The van der Waals surface area contributed by atoms with Gasteiger partial charge in [0.1, 0.15) is 20.6 Å². The van der Waals surface area contributed by atoms with Crippen LogP contribution in [0.2, 0.25) is 0 Å². The van der Waals surface area contributed by atoms with Crippen molar-refractivity contribution in [2.75, 3.05) is 26.0 Å². The summed E-state index contributed by atoms with van der Waals surface area (Å²) in [5.41, 5.74) is 1.54. The summed E-state index contributed by atoms with van der Waals surface area (Å²) in [6.45, 7) is 1.64. The second-order valence-corrected chi connectivity index (χ2v) is 5.94. The predicted molar refractivity (Wildman–Crippen MR) is 91.8 cm³/mol. The fourth-order valence-electron chi connectivity index (χ4n) is 2.86. The zero-order valence-electron chi connectivity index (χ0n) is 13.8. The second-order valence-electron chi connectivity index (χ2n) is 5.94. The van der Waals surface area contributed by atoms with Crippen molar-refractivity contribution in [3.05, 3.63) is 41.5 Å². The van der Waals surface area contributed by atoms with Gasteiger partial charge in [0, 0.05) is 34.5 Å². The Morgan fingerprint density at radius 1 is 1.12 bits per heavy atom. The molecule has 0 aliphatic carbocycles. The van der Waals surface area contributed by atoms with Gasteiger partial charge in [-0.05, 0) is 18.2 Å². The van der Waals surface area contributed by atoms with Crippen molar-refractivity contribution in [2.24, 2.45) is 0 Å². The first-order valence-corrected chi connectivity index (χ1v) is 7.59. The SMILES string of the molecule is CC(=O)Nc1ccc2c3c(cccc13)C(=O)N(CC=[N+](C)C)C2=O. The summed E-state index contributed by atoms with van der Waals surface area (Å²) in [4.78, 5) is 38.1. The summed E-state index contributed by atoms with van der Waals surface area (Å²) in [5, 5.41) is 4.03. The third kappa shape index (κ3) is 2.56. The van der Waals surface area contributed by atoms with Crippen molar-refractivity contribution in [1.29, 1.82) is 0 Å². The molecule has 1 heterocycles. The van der Waals surface area contributed by atoms with Gasteiger partial charge in [-0.1, -0.05) is 12.1 Å². The number of anilines is 1. The molecule has 0 spiro atoms. The molecular weight excluding hydrogens is 306 g/mol. The smallest absolute Gasteiger partial charge is 0.261 e. The molecule has 6 heteroatoms. The number of carbonyl (C=O) groups excluding carboxylic acids is 3. The van der Waals surface area contributed by atoms with Gasteiger partial charge in [-0.3, -0.25) is 19.3 Å². The lowest BCUT2D eigenvalue weighted by molar-refractivity contribution is -0.460. The van der Waals surface area contributed by atoms with Gasteiger partial charge in [-0.2, -0.15) is 0 Å². The number of hydrogen-bond acceptors (Lipinski definition) is 3. The summed E-state index contributed by atoms with van der Waals surface area (Å²) in [7, 11) is 3.68. The molecule has 3 amide bonds.